The van der Waals surface area contributed by atoms with Crippen molar-refractivity contribution in [3.8, 4) is 0 Å². The summed E-state index contributed by atoms with van der Waals surface area (Å²) in [5.41, 5.74) is 1.77. The first-order valence-corrected chi connectivity index (χ1v) is 7.58. The van der Waals surface area contributed by atoms with Crippen LogP contribution in [0.2, 0.25) is 0 Å². The van der Waals surface area contributed by atoms with Crippen LogP contribution in [0.5, 0.6) is 0 Å². The number of aliphatic imine (C=N–C) groups is 1. The minimum atomic E-state index is 0.0590. The van der Waals surface area contributed by atoms with E-state index < -0.39 is 0 Å². The number of thioether (sulfide) groups is 2. The third kappa shape index (κ3) is 2.59. The van der Waals surface area contributed by atoms with Gasteiger partial charge in [-0.15, -0.1) is 11.3 Å². The summed E-state index contributed by atoms with van der Waals surface area (Å²) < 4.78 is 0.868. The maximum Gasteiger partial charge on any atom is 0.244 e. The van der Waals surface area contributed by atoms with E-state index in [0.29, 0.717) is 5.70 Å². The van der Waals surface area contributed by atoms with E-state index in [1.807, 2.05) is 18.4 Å². The molecule has 0 bridgehead atoms. The summed E-state index contributed by atoms with van der Waals surface area (Å²) in [6.45, 7) is 4.10. The molecule has 84 valence electrons. The molecule has 0 fully saturated rings. The zero-order chi connectivity index (χ0) is 11.5. The lowest BCUT2D eigenvalue weighted by Gasteiger charge is -1.91. The molecule has 0 saturated heterocycles. The minimum Gasteiger partial charge on any atom is -0.279 e. The van der Waals surface area contributed by atoms with E-state index in [-0.39, 0.29) is 5.12 Å². The summed E-state index contributed by atoms with van der Waals surface area (Å²) in [6.07, 6.45) is 1.89. The Morgan fingerprint density at radius 3 is 3.00 bits per heavy atom. The van der Waals surface area contributed by atoms with Gasteiger partial charge in [-0.05, 0) is 47.5 Å². The largest absolute Gasteiger partial charge is 0.279 e. The lowest BCUT2D eigenvalue weighted by molar-refractivity contribution is -0.107. The van der Waals surface area contributed by atoms with Gasteiger partial charge in [0.25, 0.3) is 0 Å². The Balaban J connectivity index is 2.25. The van der Waals surface area contributed by atoms with Gasteiger partial charge in [-0.1, -0.05) is 18.7 Å². The van der Waals surface area contributed by atoms with Crippen molar-refractivity contribution in [2.75, 3.05) is 5.75 Å². The average molecular weight is 269 g/mol. The van der Waals surface area contributed by atoms with Crippen LogP contribution in [0, 0.1) is 6.92 Å². The summed E-state index contributed by atoms with van der Waals surface area (Å²) in [5.74, 6) is 0.949. The third-order valence-electron chi connectivity index (χ3n) is 2.04. The first-order valence-electron chi connectivity index (χ1n) is 4.90. The number of rotatable bonds is 2. The number of hydrogen-bond donors (Lipinski definition) is 0. The first kappa shape index (κ1) is 12.0. The van der Waals surface area contributed by atoms with Gasteiger partial charge in [0.1, 0.15) is 10.1 Å². The Bertz CT molecular complexity index is 473. The number of aryl methyl sites for hydroxylation is 1. The highest BCUT2D eigenvalue weighted by molar-refractivity contribution is 8.45. The van der Waals surface area contributed by atoms with Crippen LogP contribution in [0.3, 0.4) is 0 Å². The van der Waals surface area contributed by atoms with E-state index in [9.17, 15) is 4.79 Å². The van der Waals surface area contributed by atoms with Crippen molar-refractivity contribution in [2.45, 2.75) is 13.8 Å². The van der Waals surface area contributed by atoms with Crippen LogP contribution in [0.15, 0.2) is 22.1 Å². The standard InChI is InChI=1S/C11H11NOS3/c1-3-14-11-12-8(10(13)16-11)6-9-7(2)4-5-15-9/h4-6H,3H2,1-2H3. The number of carbonyl (C=O) groups is 1. The molecule has 2 rings (SSSR count). The van der Waals surface area contributed by atoms with Crippen molar-refractivity contribution < 1.29 is 4.79 Å². The number of nitrogens with zero attached hydrogens (tertiary/aromatic N) is 1. The molecule has 0 aliphatic carbocycles. The summed E-state index contributed by atoms with van der Waals surface area (Å²) in [4.78, 5) is 17.1. The molecule has 1 aromatic heterocycles. The van der Waals surface area contributed by atoms with Gasteiger partial charge in [0.05, 0.1) is 0 Å². The smallest absolute Gasteiger partial charge is 0.244 e. The van der Waals surface area contributed by atoms with Crippen LogP contribution in [0.1, 0.15) is 17.4 Å². The Hall–Kier alpha value is -0.520. The van der Waals surface area contributed by atoms with Gasteiger partial charge >= 0.3 is 0 Å². The monoisotopic (exact) mass is 269 g/mol. The molecule has 0 atom stereocenters. The van der Waals surface area contributed by atoms with Gasteiger partial charge in [0.15, 0.2) is 0 Å². The molecule has 1 aliphatic heterocycles. The van der Waals surface area contributed by atoms with Crippen LogP contribution in [-0.4, -0.2) is 15.2 Å². The zero-order valence-electron chi connectivity index (χ0n) is 9.02. The van der Waals surface area contributed by atoms with E-state index in [1.54, 1.807) is 23.1 Å². The van der Waals surface area contributed by atoms with Crippen LogP contribution in [0.25, 0.3) is 6.08 Å². The molecule has 0 aromatic carbocycles. The second kappa shape index (κ2) is 5.21. The van der Waals surface area contributed by atoms with Gasteiger partial charge < -0.3 is 0 Å². The zero-order valence-corrected chi connectivity index (χ0v) is 11.5. The molecule has 5 heteroatoms. The van der Waals surface area contributed by atoms with Crippen molar-refractivity contribution in [1.29, 1.82) is 0 Å². The van der Waals surface area contributed by atoms with E-state index in [0.717, 1.165) is 15.0 Å². The number of hydrogen-bond acceptors (Lipinski definition) is 5. The molecular formula is C11H11NOS3. The molecule has 1 aliphatic rings. The van der Waals surface area contributed by atoms with Crippen LogP contribution >= 0.6 is 34.9 Å². The van der Waals surface area contributed by atoms with Crippen LogP contribution in [-0.2, 0) is 4.79 Å². The van der Waals surface area contributed by atoms with Gasteiger partial charge in [0.2, 0.25) is 5.12 Å². The fraction of sp³-hybridized carbons (Fsp3) is 0.273. The van der Waals surface area contributed by atoms with Crippen molar-refractivity contribution in [1.82, 2.24) is 0 Å². The molecule has 0 amide bonds. The molecule has 2 nitrogen and oxygen atoms in total. The van der Waals surface area contributed by atoms with Gasteiger partial charge in [-0.25, -0.2) is 4.99 Å². The van der Waals surface area contributed by atoms with Crippen LogP contribution < -0.4 is 0 Å². The fourth-order valence-electron chi connectivity index (χ4n) is 1.23. The van der Waals surface area contributed by atoms with E-state index in [4.69, 9.17) is 0 Å². The molecule has 1 aromatic rings. The normalized spacial score (nSPS) is 18.2. The third-order valence-corrected chi connectivity index (χ3v) is 4.90. The van der Waals surface area contributed by atoms with Crippen molar-refractivity contribution in [3.05, 3.63) is 27.6 Å². The lowest BCUT2D eigenvalue weighted by atomic mass is 10.2. The van der Waals surface area contributed by atoms with E-state index >= 15 is 0 Å². The predicted octanol–water partition coefficient (Wildman–Crippen LogP) is 3.78. The highest BCUT2D eigenvalue weighted by Gasteiger charge is 2.22. The summed E-state index contributed by atoms with van der Waals surface area (Å²) in [6, 6.07) is 2.05. The Labute approximate surface area is 107 Å². The second-order valence-electron chi connectivity index (χ2n) is 3.20. The molecule has 0 spiro atoms. The summed E-state index contributed by atoms with van der Waals surface area (Å²) in [5, 5.41) is 2.09. The lowest BCUT2D eigenvalue weighted by Crippen LogP contribution is -1.87. The SMILES string of the molecule is CCSC1=NC(=Cc2sccc2C)C(=O)S1. The fourth-order valence-corrected chi connectivity index (χ4v) is 3.82. The van der Waals surface area contributed by atoms with Gasteiger partial charge in [0, 0.05) is 4.88 Å². The summed E-state index contributed by atoms with van der Waals surface area (Å²) >= 11 is 4.49. The van der Waals surface area contributed by atoms with Crippen molar-refractivity contribution in [2.24, 2.45) is 4.99 Å². The Morgan fingerprint density at radius 2 is 2.38 bits per heavy atom. The highest BCUT2D eigenvalue weighted by atomic mass is 32.2. The van der Waals surface area contributed by atoms with Gasteiger partial charge in [-0.2, -0.15) is 0 Å². The molecular weight excluding hydrogens is 258 g/mol. The number of carbonyl (C=O) groups excluding carboxylic acids is 1. The van der Waals surface area contributed by atoms with Crippen LogP contribution in [0.4, 0.5) is 0 Å². The average Bonchev–Trinajstić information content (AvgIpc) is 2.77. The quantitative estimate of drug-likeness (QED) is 0.765. The van der Waals surface area contributed by atoms with Crippen molar-refractivity contribution in [3.63, 3.8) is 0 Å². The molecule has 16 heavy (non-hydrogen) atoms. The van der Waals surface area contributed by atoms with E-state index in [1.165, 1.54) is 17.3 Å². The second-order valence-corrected chi connectivity index (χ2v) is 6.62. The molecule has 0 unspecified atom stereocenters. The Morgan fingerprint density at radius 1 is 1.56 bits per heavy atom. The highest BCUT2D eigenvalue weighted by Crippen LogP contribution is 2.31. The molecule has 2 heterocycles. The predicted molar refractivity (Wildman–Crippen MR) is 75.2 cm³/mol. The Kier molecular flexibility index (Phi) is 3.89. The molecule has 0 saturated carbocycles. The maximum atomic E-state index is 11.7. The minimum absolute atomic E-state index is 0.0590. The topological polar surface area (TPSA) is 29.4 Å². The maximum absolute atomic E-state index is 11.7. The molecule has 0 N–H and O–H groups in total. The van der Waals surface area contributed by atoms with Gasteiger partial charge in [-0.3, -0.25) is 4.79 Å². The molecule has 0 radical (unpaired) electrons. The van der Waals surface area contributed by atoms with Crippen molar-refractivity contribution >= 4 is 50.4 Å². The summed E-state index contributed by atoms with van der Waals surface area (Å²) in [7, 11) is 0. The first-order chi connectivity index (χ1) is 7.70. The number of thiophene rings is 1. The van der Waals surface area contributed by atoms with E-state index in [2.05, 4.69) is 18.0 Å².